The van der Waals surface area contributed by atoms with E-state index in [0.29, 0.717) is 33.7 Å². The molecule has 0 fully saturated rings. The van der Waals surface area contributed by atoms with Crippen LogP contribution in [0.1, 0.15) is 29.0 Å². The zero-order chi connectivity index (χ0) is 20.7. The third-order valence-corrected chi connectivity index (χ3v) is 6.08. The maximum Gasteiger partial charge on any atom is 0.279 e. The Labute approximate surface area is 180 Å². The van der Waals surface area contributed by atoms with Gasteiger partial charge in [-0.1, -0.05) is 35.9 Å². The van der Waals surface area contributed by atoms with Crippen molar-refractivity contribution in [2.24, 2.45) is 0 Å². The smallest absolute Gasteiger partial charge is 0.279 e. The van der Waals surface area contributed by atoms with Gasteiger partial charge in [-0.05, 0) is 35.4 Å². The first-order valence-electron chi connectivity index (χ1n) is 9.35. The molecule has 6 nitrogen and oxygen atoms in total. The predicted molar refractivity (Wildman–Crippen MR) is 117 cm³/mol. The molecule has 0 saturated heterocycles. The number of rotatable bonds is 4. The van der Waals surface area contributed by atoms with Gasteiger partial charge in [0.15, 0.2) is 4.96 Å². The first-order chi connectivity index (χ1) is 14.6. The van der Waals surface area contributed by atoms with Crippen LogP contribution >= 0.6 is 22.9 Å². The summed E-state index contributed by atoms with van der Waals surface area (Å²) in [5, 5.41) is 5.34. The van der Waals surface area contributed by atoms with Gasteiger partial charge >= 0.3 is 0 Å². The molecule has 0 bridgehead atoms. The van der Waals surface area contributed by atoms with Crippen molar-refractivity contribution in [3.63, 3.8) is 0 Å². The summed E-state index contributed by atoms with van der Waals surface area (Å²) in [5.41, 5.74) is 2.05. The molecular formula is C22H16ClN3O3S. The van der Waals surface area contributed by atoms with Gasteiger partial charge in [-0.25, -0.2) is 0 Å². The summed E-state index contributed by atoms with van der Waals surface area (Å²) in [6, 6.07) is 15.0. The van der Waals surface area contributed by atoms with Crippen LogP contribution in [0.5, 0.6) is 5.75 Å². The van der Waals surface area contributed by atoms with E-state index in [0.717, 1.165) is 11.1 Å². The highest BCUT2D eigenvalue weighted by Crippen LogP contribution is 2.36. The third kappa shape index (κ3) is 3.46. The van der Waals surface area contributed by atoms with Crippen LogP contribution in [0.25, 0.3) is 4.96 Å². The topological polar surface area (TPSA) is 72.7 Å². The monoisotopic (exact) mass is 437 g/mol. The average Bonchev–Trinajstić information content (AvgIpc) is 3.21. The van der Waals surface area contributed by atoms with Crippen LogP contribution in [0, 0.1) is 0 Å². The van der Waals surface area contributed by atoms with Crippen molar-refractivity contribution >= 4 is 39.6 Å². The highest BCUT2D eigenvalue weighted by atomic mass is 35.5. The number of hydrogen-bond donors (Lipinski definition) is 1. The SMILES string of the molecule is O=C1C[C@@H](c2ccc(OCc3cccc(Cl)c3)cc2)c2c(n3ccsc3nc2=O)N1. The summed E-state index contributed by atoms with van der Waals surface area (Å²) in [5.74, 6) is 0.725. The molecule has 1 amide bonds. The van der Waals surface area contributed by atoms with Gasteiger partial charge < -0.3 is 10.1 Å². The number of halogens is 1. The Morgan fingerprint density at radius 1 is 1.20 bits per heavy atom. The molecule has 3 heterocycles. The van der Waals surface area contributed by atoms with Crippen molar-refractivity contribution in [2.75, 3.05) is 5.32 Å². The molecule has 4 aromatic rings. The molecule has 1 aliphatic rings. The Morgan fingerprint density at radius 3 is 2.83 bits per heavy atom. The first kappa shape index (κ1) is 18.8. The number of carbonyl (C=O) groups excluding carboxylic acids is 1. The van der Waals surface area contributed by atoms with Crippen LogP contribution in [-0.4, -0.2) is 15.3 Å². The molecule has 2 aromatic carbocycles. The van der Waals surface area contributed by atoms with Crippen LogP contribution in [0.3, 0.4) is 0 Å². The fraction of sp³-hybridized carbons (Fsp3) is 0.136. The van der Waals surface area contributed by atoms with E-state index in [2.05, 4.69) is 10.3 Å². The van der Waals surface area contributed by atoms with Crippen molar-refractivity contribution in [3.8, 4) is 5.75 Å². The van der Waals surface area contributed by atoms with E-state index in [4.69, 9.17) is 16.3 Å². The molecule has 5 rings (SSSR count). The molecular weight excluding hydrogens is 422 g/mol. The summed E-state index contributed by atoms with van der Waals surface area (Å²) in [6.07, 6.45) is 2.00. The van der Waals surface area contributed by atoms with Gasteiger partial charge in [0.05, 0.1) is 5.56 Å². The Bertz CT molecular complexity index is 1310. The van der Waals surface area contributed by atoms with Gasteiger partial charge in [-0.2, -0.15) is 4.98 Å². The van der Waals surface area contributed by atoms with E-state index in [1.54, 1.807) is 10.6 Å². The van der Waals surface area contributed by atoms with Crippen LogP contribution in [0.15, 0.2) is 64.9 Å². The molecule has 1 aliphatic heterocycles. The van der Waals surface area contributed by atoms with Crippen molar-refractivity contribution in [1.82, 2.24) is 9.38 Å². The third-order valence-electron chi connectivity index (χ3n) is 5.09. The molecule has 8 heteroatoms. The zero-order valence-corrected chi connectivity index (χ0v) is 17.2. The fourth-order valence-corrected chi connectivity index (χ4v) is 4.61. The standard InChI is InChI=1S/C22H16ClN3O3S/c23-15-3-1-2-13(10-15)12-29-16-6-4-14(5-7-16)17-11-18(27)24-20-19(17)21(28)25-22-26(20)8-9-30-22/h1-10,17H,11-12H2,(H,24,27)/t17-/m0/s1. The lowest BCUT2D eigenvalue weighted by atomic mass is 9.87. The van der Waals surface area contributed by atoms with Crippen LogP contribution in [-0.2, 0) is 11.4 Å². The summed E-state index contributed by atoms with van der Waals surface area (Å²) < 4.78 is 7.59. The Balaban J connectivity index is 1.44. The van der Waals surface area contributed by atoms with E-state index in [1.165, 1.54) is 11.3 Å². The molecule has 30 heavy (non-hydrogen) atoms. The van der Waals surface area contributed by atoms with E-state index >= 15 is 0 Å². The Hall–Kier alpha value is -3.16. The second-order valence-corrected chi connectivity index (χ2v) is 8.34. The van der Waals surface area contributed by atoms with Gasteiger partial charge in [0.2, 0.25) is 5.91 Å². The summed E-state index contributed by atoms with van der Waals surface area (Å²) in [7, 11) is 0. The van der Waals surface area contributed by atoms with Crippen molar-refractivity contribution in [3.05, 3.63) is 92.2 Å². The molecule has 0 aliphatic carbocycles. The lowest BCUT2D eigenvalue weighted by Gasteiger charge is -2.25. The highest BCUT2D eigenvalue weighted by molar-refractivity contribution is 7.15. The number of benzene rings is 2. The van der Waals surface area contributed by atoms with E-state index in [9.17, 15) is 9.59 Å². The minimum absolute atomic E-state index is 0.126. The lowest BCUT2D eigenvalue weighted by Crippen LogP contribution is -2.31. The number of anilines is 1. The predicted octanol–water partition coefficient (Wildman–Crippen LogP) is 4.46. The molecule has 1 N–H and O–H groups in total. The molecule has 0 saturated carbocycles. The van der Waals surface area contributed by atoms with Gasteiger partial charge in [0, 0.05) is 28.9 Å². The number of ether oxygens (including phenoxy) is 1. The Morgan fingerprint density at radius 2 is 2.03 bits per heavy atom. The number of carbonyl (C=O) groups is 1. The number of hydrogen-bond acceptors (Lipinski definition) is 5. The van der Waals surface area contributed by atoms with Gasteiger partial charge in [0.25, 0.3) is 5.56 Å². The first-order valence-corrected chi connectivity index (χ1v) is 10.6. The van der Waals surface area contributed by atoms with E-state index in [1.807, 2.05) is 53.9 Å². The van der Waals surface area contributed by atoms with E-state index in [-0.39, 0.29) is 23.8 Å². The number of amides is 1. The van der Waals surface area contributed by atoms with Gasteiger partial charge in [-0.15, -0.1) is 11.3 Å². The summed E-state index contributed by atoms with van der Waals surface area (Å²) in [6.45, 7) is 0.399. The number of aromatic nitrogens is 2. The molecule has 150 valence electrons. The number of nitrogens with zero attached hydrogens (tertiary/aromatic N) is 2. The minimum atomic E-state index is -0.354. The number of nitrogens with one attached hydrogen (secondary N) is 1. The van der Waals surface area contributed by atoms with E-state index < -0.39 is 0 Å². The normalized spacial score (nSPS) is 15.6. The quantitative estimate of drug-likeness (QED) is 0.511. The highest BCUT2D eigenvalue weighted by Gasteiger charge is 2.31. The summed E-state index contributed by atoms with van der Waals surface area (Å²) >= 11 is 7.36. The zero-order valence-electron chi connectivity index (χ0n) is 15.7. The molecule has 2 aromatic heterocycles. The van der Waals surface area contributed by atoms with Gasteiger partial charge in [0.1, 0.15) is 18.2 Å². The minimum Gasteiger partial charge on any atom is -0.489 e. The van der Waals surface area contributed by atoms with Crippen LogP contribution in [0.2, 0.25) is 5.02 Å². The fourth-order valence-electron chi connectivity index (χ4n) is 3.69. The van der Waals surface area contributed by atoms with Gasteiger partial charge in [-0.3, -0.25) is 14.0 Å². The van der Waals surface area contributed by atoms with Crippen LogP contribution < -0.4 is 15.6 Å². The summed E-state index contributed by atoms with van der Waals surface area (Å²) in [4.78, 5) is 29.8. The number of fused-ring (bicyclic) bond motifs is 3. The molecule has 0 unspecified atom stereocenters. The lowest BCUT2D eigenvalue weighted by molar-refractivity contribution is -0.116. The molecule has 1 atom stereocenters. The maximum absolute atomic E-state index is 12.7. The van der Waals surface area contributed by atoms with Crippen molar-refractivity contribution in [1.29, 1.82) is 0 Å². The maximum atomic E-state index is 12.7. The molecule has 0 spiro atoms. The largest absolute Gasteiger partial charge is 0.489 e. The van der Waals surface area contributed by atoms with Crippen molar-refractivity contribution < 1.29 is 9.53 Å². The Kier molecular flexibility index (Phi) is 4.77. The second kappa shape index (κ2) is 7.59. The van der Waals surface area contributed by atoms with Crippen molar-refractivity contribution in [2.45, 2.75) is 18.9 Å². The molecule has 0 radical (unpaired) electrons. The number of thiazole rings is 1. The second-order valence-electron chi connectivity index (χ2n) is 7.03. The average molecular weight is 438 g/mol. The van der Waals surface area contributed by atoms with Crippen LogP contribution in [0.4, 0.5) is 5.82 Å².